The van der Waals surface area contributed by atoms with Crippen LogP contribution in [-0.4, -0.2) is 13.0 Å². The highest BCUT2D eigenvalue weighted by Gasteiger charge is 2.14. The van der Waals surface area contributed by atoms with Gasteiger partial charge in [-0.05, 0) is 60.4 Å². The van der Waals surface area contributed by atoms with Crippen molar-refractivity contribution in [2.45, 2.75) is 13.8 Å². The molecule has 3 aromatic rings. The van der Waals surface area contributed by atoms with E-state index in [0.29, 0.717) is 5.57 Å². The predicted molar refractivity (Wildman–Crippen MR) is 112 cm³/mol. The second-order valence-electron chi connectivity index (χ2n) is 6.40. The molecule has 0 saturated heterocycles. The van der Waals surface area contributed by atoms with Gasteiger partial charge in [0.15, 0.2) is 0 Å². The molecule has 136 valence electrons. The van der Waals surface area contributed by atoms with Gasteiger partial charge in [-0.1, -0.05) is 54.6 Å². The largest absolute Gasteiger partial charge is 0.497 e. The van der Waals surface area contributed by atoms with Gasteiger partial charge in [-0.3, -0.25) is 4.79 Å². The van der Waals surface area contributed by atoms with Crippen LogP contribution in [0.2, 0.25) is 0 Å². The van der Waals surface area contributed by atoms with Gasteiger partial charge in [-0.25, -0.2) is 0 Å². The lowest BCUT2D eigenvalue weighted by molar-refractivity contribution is -0.111. The van der Waals surface area contributed by atoms with Crippen molar-refractivity contribution in [2.75, 3.05) is 12.4 Å². The van der Waals surface area contributed by atoms with Gasteiger partial charge in [0.1, 0.15) is 5.75 Å². The van der Waals surface area contributed by atoms with Crippen LogP contribution in [0.4, 0.5) is 5.69 Å². The first-order chi connectivity index (χ1) is 13.1. The lowest BCUT2D eigenvalue weighted by Gasteiger charge is -2.13. The third-order valence-electron chi connectivity index (χ3n) is 4.61. The molecule has 0 bridgehead atoms. The number of methoxy groups -OCH3 is 1. The number of aryl methyl sites for hydroxylation is 1. The van der Waals surface area contributed by atoms with Gasteiger partial charge < -0.3 is 10.1 Å². The first-order valence-corrected chi connectivity index (χ1v) is 8.87. The molecule has 0 saturated carbocycles. The zero-order chi connectivity index (χ0) is 19.2. The van der Waals surface area contributed by atoms with Crippen LogP contribution in [0.15, 0.2) is 72.8 Å². The zero-order valence-electron chi connectivity index (χ0n) is 15.8. The van der Waals surface area contributed by atoms with E-state index in [1.54, 1.807) is 7.11 Å². The summed E-state index contributed by atoms with van der Waals surface area (Å²) in [5.41, 5.74) is 5.47. The average molecular weight is 357 g/mol. The predicted octanol–water partition coefficient (Wildman–Crippen LogP) is 5.49. The number of benzene rings is 3. The molecular weight excluding hydrogens is 334 g/mol. The van der Waals surface area contributed by atoms with Crippen LogP contribution < -0.4 is 10.1 Å². The van der Waals surface area contributed by atoms with Crippen molar-refractivity contribution in [2.24, 2.45) is 0 Å². The fraction of sp³-hybridized carbons (Fsp3) is 0.125. The van der Waals surface area contributed by atoms with E-state index >= 15 is 0 Å². The van der Waals surface area contributed by atoms with E-state index in [-0.39, 0.29) is 5.91 Å². The van der Waals surface area contributed by atoms with Crippen LogP contribution in [0.5, 0.6) is 5.75 Å². The second-order valence-corrected chi connectivity index (χ2v) is 6.40. The number of hydrogen-bond acceptors (Lipinski definition) is 2. The van der Waals surface area contributed by atoms with Gasteiger partial charge in [0.05, 0.1) is 7.11 Å². The van der Waals surface area contributed by atoms with E-state index < -0.39 is 0 Å². The Hall–Kier alpha value is -3.33. The van der Waals surface area contributed by atoms with Crippen molar-refractivity contribution < 1.29 is 9.53 Å². The fourth-order valence-corrected chi connectivity index (χ4v) is 2.84. The summed E-state index contributed by atoms with van der Waals surface area (Å²) in [6.07, 6.45) is 1.90. The van der Waals surface area contributed by atoms with Crippen molar-refractivity contribution in [3.05, 3.63) is 95.1 Å². The molecule has 27 heavy (non-hydrogen) atoms. The Labute approximate surface area is 160 Å². The highest BCUT2D eigenvalue weighted by Crippen LogP contribution is 2.24. The summed E-state index contributed by atoms with van der Waals surface area (Å²) in [5, 5.41) is 3.06. The van der Waals surface area contributed by atoms with E-state index in [2.05, 4.69) is 5.32 Å². The summed E-state index contributed by atoms with van der Waals surface area (Å²) >= 11 is 0. The summed E-state index contributed by atoms with van der Waals surface area (Å²) in [7, 11) is 1.64. The number of carbonyl (C=O) groups is 1. The molecule has 3 nitrogen and oxygen atoms in total. The Balaban J connectivity index is 1.97. The van der Waals surface area contributed by atoms with Crippen molar-refractivity contribution in [3.63, 3.8) is 0 Å². The second kappa shape index (κ2) is 8.37. The molecule has 3 aromatic carbocycles. The summed E-state index contributed by atoms with van der Waals surface area (Å²) < 4.78 is 5.21. The Bertz CT molecular complexity index is 957. The molecule has 0 heterocycles. The molecule has 0 aromatic heterocycles. The Morgan fingerprint density at radius 3 is 2.26 bits per heavy atom. The first-order valence-electron chi connectivity index (χ1n) is 8.87. The molecule has 0 radical (unpaired) electrons. The quantitative estimate of drug-likeness (QED) is 0.484. The van der Waals surface area contributed by atoms with Gasteiger partial charge in [-0.15, -0.1) is 0 Å². The maximum atomic E-state index is 13.1. The van der Waals surface area contributed by atoms with Crippen molar-refractivity contribution in [3.8, 4) is 5.75 Å². The average Bonchev–Trinajstić information content (AvgIpc) is 2.70. The third kappa shape index (κ3) is 4.45. The monoisotopic (exact) mass is 357 g/mol. The molecule has 0 aliphatic heterocycles. The fourth-order valence-electron chi connectivity index (χ4n) is 2.84. The Kier molecular flexibility index (Phi) is 5.72. The van der Waals surface area contributed by atoms with Gasteiger partial charge in [-0.2, -0.15) is 0 Å². The van der Waals surface area contributed by atoms with Crippen molar-refractivity contribution >= 4 is 23.2 Å². The maximum absolute atomic E-state index is 13.1. The number of carbonyl (C=O) groups excluding carboxylic acids is 1. The summed E-state index contributed by atoms with van der Waals surface area (Å²) in [6.45, 7) is 4.05. The summed E-state index contributed by atoms with van der Waals surface area (Å²) in [4.78, 5) is 13.1. The van der Waals surface area contributed by atoms with Crippen molar-refractivity contribution in [1.82, 2.24) is 0 Å². The third-order valence-corrected chi connectivity index (χ3v) is 4.61. The van der Waals surface area contributed by atoms with Gasteiger partial charge in [0.25, 0.3) is 5.91 Å². The van der Waals surface area contributed by atoms with Crippen LogP contribution in [0, 0.1) is 13.8 Å². The zero-order valence-corrected chi connectivity index (χ0v) is 15.8. The molecule has 3 heteroatoms. The molecule has 3 rings (SSSR count). The minimum Gasteiger partial charge on any atom is -0.497 e. The van der Waals surface area contributed by atoms with Gasteiger partial charge >= 0.3 is 0 Å². The first kappa shape index (κ1) is 18.5. The molecular formula is C24H23NO2. The molecule has 0 aliphatic carbocycles. The smallest absolute Gasteiger partial charge is 0.256 e. The number of anilines is 1. The molecule has 1 amide bonds. The molecule has 0 fully saturated rings. The standard InChI is InChI=1S/C24H23NO2/c1-17-8-7-11-23(18(17)2)25-24(26)22(20-9-5-4-6-10-20)16-19-12-14-21(27-3)15-13-19/h4-16H,1-3H3,(H,25,26)/b22-16+. The van der Waals surface area contributed by atoms with E-state index in [0.717, 1.165) is 33.7 Å². The Morgan fingerprint density at radius 1 is 0.889 bits per heavy atom. The minimum atomic E-state index is -0.134. The number of rotatable bonds is 5. The maximum Gasteiger partial charge on any atom is 0.256 e. The van der Waals surface area contributed by atoms with E-state index in [1.165, 1.54) is 0 Å². The van der Waals surface area contributed by atoms with E-state index in [9.17, 15) is 4.79 Å². The molecule has 0 atom stereocenters. The van der Waals surface area contributed by atoms with E-state index in [4.69, 9.17) is 4.74 Å². The number of amides is 1. The number of hydrogen-bond donors (Lipinski definition) is 1. The van der Waals surface area contributed by atoms with Crippen LogP contribution in [0.25, 0.3) is 11.6 Å². The molecule has 0 spiro atoms. The highest BCUT2D eigenvalue weighted by molar-refractivity contribution is 6.29. The summed E-state index contributed by atoms with van der Waals surface area (Å²) in [6, 6.07) is 23.3. The highest BCUT2D eigenvalue weighted by atomic mass is 16.5. The lowest BCUT2D eigenvalue weighted by atomic mass is 10.0. The van der Waals surface area contributed by atoms with Gasteiger partial charge in [0.2, 0.25) is 0 Å². The van der Waals surface area contributed by atoms with Crippen LogP contribution >= 0.6 is 0 Å². The van der Waals surface area contributed by atoms with Crippen molar-refractivity contribution in [1.29, 1.82) is 0 Å². The van der Waals surface area contributed by atoms with E-state index in [1.807, 2.05) is 92.7 Å². The SMILES string of the molecule is COc1ccc(/C=C(/C(=O)Nc2cccc(C)c2C)c2ccccc2)cc1. The van der Waals surface area contributed by atoms with Crippen LogP contribution in [0.1, 0.15) is 22.3 Å². The topological polar surface area (TPSA) is 38.3 Å². The van der Waals surface area contributed by atoms with Crippen LogP contribution in [0.3, 0.4) is 0 Å². The molecule has 1 N–H and O–H groups in total. The number of ether oxygens (including phenoxy) is 1. The summed E-state index contributed by atoms with van der Waals surface area (Å²) in [5.74, 6) is 0.652. The normalized spacial score (nSPS) is 11.1. The minimum absolute atomic E-state index is 0.134. The van der Waals surface area contributed by atoms with Gasteiger partial charge in [0, 0.05) is 11.3 Å². The lowest BCUT2D eigenvalue weighted by Crippen LogP contribution is -2.14. The molecule has 0 unspecified atom stereocenters. The Morgan fingerprint density at radius 2 is 1.59 bits per heavy atom. The molecule has 0 aliphatic rings. The number of nitrogens with one attached hydrogen (secondary N) is 1. The van der Waals surface area contributed by atoms with Crippen LogP contribution in [-0.2, 0) is 4.79 Å².